The summed E-state index contributed by atoms with van der Waals surface area (Å²) in [6.07, 6.45) is 7.21. The Balaban J connectivity index is 1.24. The summed E-state index contributed by atoms with van der Waals surface area (Å²) >= 11 is 0. The minimum Gasteiger partial charge on any atom is -0.497 e. The van der Waals surface area contributed by atoms with Gasteiger partial charge in [0.15, 0.2) is 0 Å². The molecule has 3 aliphatic heterocycles. The van der Waals surface area contributed by atoms with E-state index >= 15 is 0 Å². The van der Waals surface area contributed by atoms with Gasteiger partial charge in [-0.1, -0.05) is 30.3 Å². The quantitative estimate of drug-likeness (QED) is 0.620. The largest absolute Gasteiger partial charge is 0.497 e. The predicted octanol–water partition coefficient (Wildman–Crippen LogP) is 3.82. The Hall–Kier alpha value is -3.12. The normalized spacial score (nSPS) is 27.0. The predicted molar refractivity (Wildman–Crippen MR) is 121 cm³/mol. The number of likely N-dealkylation sites (tertiary alicyclic amines) is 1. The first-order valence-electron chi connectivity index (χ1n) is 11.5. The van der Waals surface area contributed by atoms with E-state index in [0.29, 0.717) is 18.4 Å². The van der Waals surface area contributed by atoms with Crippen molar-refractivity contribution >= 4 is 5.91 Å². The first-order chi connectivity index (χ1) is 15.7. The highest BCUT2D eigenvalue weighted by Gasteiger charge is 2.65. The zero-order chi connectivity index (χ0) is 21.7. The summed E-state index contributed by atoms with van der Waals surface area (Å²) < 4.78 is 7.21. The third-order valence-corrected chi connectivity index (χ3v) is 7.67. The lowest BCUT2D eigenvalue weighted by atomic mass is 9.85. The van der Waals surface area contributed by atoms with E-state index in [1.165, 1.54) is 5.56 Å². The molecule has 164 valence electrons. The van der Waals surface area contributed by atoms with Gasteiger partial charge in [0.05, 0.1) is 19.0 Å². The molecule has 0 N–H and O–H groups in total. The second-order valence-corrected chi connectivity index (χ2v) is 9.26. The molecule has 3 saturated heterocycles. The van der Waals surface area contributed by atoms with Crippen molar-refractivity contribution in [2.24, 2.45) is 5.92 Å². The molecule has 3 atom stereocenters. The molecule has 1 aromatic heterocycles. The smallest absolute Gasteiger partial charge is 0.243 e. The standard InChI is InChI=1S/C26H28N4O2/c1-32-23-10-8-19(9-11-23)16-28-18-21-14-24(29-13-5-12-26(21,29)25(28)31)20-15-27-30(17-20)22-6-3-2-4-7-22/h2-4,6-11,15,17,21,24H,5,12-14,16,18H2,1H3/t21-,24-,26-/m0/s1. The number of rotatable bonds is 5. The fourth-order valence-corrected chi connectivity index (χ4v) is 6.21. The topological polar surface area (TPSA) is 50.6 Å². The minimum atomic E-state index is -0.327. The molecule has 3 aliphatic rings. The molecule has 3 fully saturated rings. The molecule has 2 aromatic carbocycles. The van der Waals surface area contributed by atoms with Crippen LogP contribution in [0.4, 0.5) is 0 Å². The van der Waals surface area contributed by atoms with Crippen LogP contribution in [-0.2, 0) is 11.3 Å². The van der Waals surface area contributed by atoms with Crippen LogP contribution in [0.3, 0.4) is 0 Å². The Labute approximate surface area is 188 Å². The molecule has 0 bridgehead atoms. The number of carbonyl (C=O) groups is 1. The summed E-state index contributed by atoms with van der Waals surface area (Å²) in [4.78, 5) is 18.3. The van der Waals surface area contributed by atoms with Gasteiger partial charge in [-0.15, -0.1) is 0 Å². The second kappa shape index (κ2) is 7.48. The SMILES string of the molecule is COc1ccc(CN2C[C@@H]3C[C@@H](c4cnn(-c5ccccc5)c4)N4CCC[C@@]34C2=O)cc1. The lowest BCUT2D eigenvalue weighted by molar-refractivity contribution is -0.137. The molecule has 6 nitrogen and oxygen atoms in total. The monoisotopic (exact) mass is 428 g/mol. The van der Waals surface area contributed by atoms with Crippen molar-refractivity contribution in [1.29, 1.82) is 0 Å². The lowest BCUT2D eigenvalue weighted by Crippen LogP contribution is -2.49. The first-order valence-corrected chi connectivity index (χ1v) is 11.5. The van der Waals surface area contributed by atoms with Crippen molar-refractivity contribution in [1.82, 2.24) is 19.6 Å². The van der Waals surface area contributed by atoms with Crippen molar-refractivity contribution in [3.05, 3.63) is 78.1 Å². The molecule has 3 aromatic rings. The number of methoxy groups -OCH3 is 1. The Kier molecular flexibility index (Phi) is 4.57. The number of amides is 1. The van der Waals surface area contributed by atoms with Crippen LogP contribution in [0.1, 0.15) is 36.4 Å². The fraction of sp³-hybridized carbons (Fsp3) is 0.385. The van der Waals surface area contributed by atoms with Crippen LogP contribution >= 0.6 is 0 Å². The molecule has 6 heteroatoms. The Bertz CT molecular complexity index is 1130. The number of ether oxygens (including phenoxy) is 1. The van der Waals surface area contributed by atoms with E-state index in [-0.39, 0.29) is 11.6 Å². The van der Waals surface area contributed by atoms with Crippen molar-refractivity contribution in [2.45, 2.75) is 37.4 Å². The molecule has 0 saturated carbocycles. The Morgan fingerprint density at radius 3 is 2.72 bits per heavy atom. The van der Waals surface area contributed by atoms with Gasteiger partial charge in [0, 0.05) is 36.8 Å². The molecule has 0 unspecified atom stereocenters. The molecule has 32 heavy (non-hydrogen) atoms. The van der Waals surface area contributed by atoms with E-state index < -0.39 is 0 Å². The summed E-state index contributed by atoms with van der Waals surface area (Å²) in [5.41, 5.74) is 3.11. The minimum absolute atomic E-state index is 0.270. The highest BCUT2D eigenvalue weighted by Crippen LogP contribution is 2.56. The second-order valence-electron chi connectivity index (χ2n) is 9.26. The van der Waals surface area contributed by atoms with Gasteiger partial charge < -0.3 is 9.64 Å². The zero-order valence-corrected chi connectivity index (χ0v) is 18.4. The van der Waals surface area contributed by atoms with Gasteiger partial charge in [0.2, 0.25) is 5.91 Å². The number of aromatic nitrogens is 2. The zero-order valence-electron chi connectivity index (χ0n) is 18.4. The molecule has 0 radical (unpaired) electrons. The van der Waals surface area contributed by atoms with Crippen LogP contribution in [-0.4, -0.2) is 51.2 Å². The Morgan fingerprint density at radius 1 is 1.12 bits per heavy atom. The number of para-hydroxylation sites is 1. The van der Waals surface area contributed by atoms with Crippen LogP contribution in [0, 0.1) is 5.92 Å². The molecular weight excluding hydrogens is 400 g/mol. The molecular formula is C26H28N4O2. The van der Waals surface area contributed by atoms with Crippen molar-refractivity contribution in [3.63, 3.8) is 0 Å². The first kappa shape index (κ1) is 19.6. The molecule has 4 heterocycles. The summed E-state index contributed by atoms with van der Waals surface area (Å²) in [6.45, 7) is 2.50. The van der Waals surface area contributed by atoms with E-state index in [4.69, 9.17) is 4.74 Å². The van der Waals surface area contributed by atoms with Gasteiger partial charge >= 0.3 is 0 Å². The average molecular weight is 429 g/mol. The maximum Gasteiger partial charge on any atom is 0.243 e. The van der Waals surface area contributed by atoms with Gasteiger partial charge in [-0.25, -0.2) is 4.68 Å². The summed E-state index contributed by atoms with van der Waals surface area (Å²) in [5, 5.41) is 4.63. The maximum absolute atomic E-state index is 13.8. The number of benzene rings is 2. The molecule has 6 rings (SSSR count). The molecule has 0 aliphatic carbocycles. The van der Waals surface area contributed by atoms with Crippen LogP contribution in [0.2, 0.25) is 0 Å². The van der Waals surface area contributed by atoms with Crippen molar-refractivity contribution in [3.8, 4) is 11.4 Å². The van der Waals surface area contributed by atoms with Gasteiger partial charge in [-0.2, -0.15) is 5.10 Å². The summed E-state index contributed by atoms with van der Waals surface area (Å²) in [6, 6.07) is 18.5. The Morgan fingerprint density at radius 2 is 1.94 bits per heavy atom. The van der Waals surface area contributed by atoms with Crippen molar-refractivity contribution < 1.29 is 9.53 Å². The van der Waals surface area contributed by atoms with E-state index in [2.05, 4.69) is 45.4 Å². The third kappa shape index (κ3) is 2.89. The lowest BCUT2D eigenvalue weighted by Gasteiger charge is -2.33. The highest BCUT2D eigenvalue weighted by atomic mass is 16.5. The van der Waals surface area contributed by atoms with E-state index in [9.17, 15) is 4.79 Å². The average Bonchev–Trinajstić information content (AvgIpc) is 3.59. The van der Waals surface area contributed by atoms with Gasteiger partial charge in [0.25, 0.3) is 0 Å². The van der Waals surface area contributed by atoms with Gasteiger partial charge in [-0.3, -0.25) is 9.69 Å². The van der Waals surface area contributed by atoms with E-state index in [0.717, 1.165) is 49.4 Å². The maximum atomic E-state index is 13.8. The van der Waals surface area contributed by atoms with E-state index in [1.54, 1.807) is 7.11 Å². The van der Waals surface area contributed by atoms with E-state index in [1.807, 2.05) is 41.2 Å². The fourth-order valence-electron chi connectivity index (χ4n) is 6.21. The number of carbonyl (C=O) groups excluding carboxylic acids is 1. The number of hydrogen-bond donors (Lipinski definition) is 0. The summed E-state index contributed by atoms with van der Waals surface area (Å²) in [5.74, 6) is 1.53. The van der Waals surface area contributed by atoms with Gasteiger partial charge in [-0.05, 0) is 55.6 Å². The molecule has 1 amide bonds. The van der Waals surface area contributed by atoms with Crippen molar-refractivity contribution in [2.75, 3.05) is 20.2 Å². The van der Waals surface area contributed by atoms with Crippen LogP contribution in [0.15, 0.2) is 67.0 Å². The third-order valence-electron chi connectivity index (χ3n) is 7.67. The van der Waals surface area contributed by atoms with Crippen LogP contribution < -0.4 is 4.74 Å². The van der Waals surface area contributed by atoms with Crippen LogP contribution in [0.25, 0.3) is 5.69 Å². The van der Waals surface area contributed by atoms with Crippen LogP contribution in [0.5, 0.6) is 5.75 Å². The molecule has 1 spiro atoms. The van der Waals surface area contributed by atoms with Gasteiger partial charge in [0.1, 0.15) is 11.3 Å². The number of nitrogens with zero attached hydrogens (tertiary/aromatic N) is 4. The highest BCUT2D eigenvalue weighted by molar-refractivity contribution is 5.90. The summed E-state index contributed by atoms with van der Waals surface area (Å²) in [7, 11) is 1.67. The number of hydrogen-bond acceptors (Lipinski definition) is 4.